The van der Waals surface area contributed by atoms with Crippen LogP contribution >= 0.6 is 31.9 Å². The van der Waals surface area contributed by atoms with Gasteiger partial charge in [-0.2, -0.15) is 0 Å². The number of rotatable bonds is 3. The van der Waals surface area contributed by atoms with Crippen LogP contribution in [0.25, 0.3) is 21.8 Å². The molecule has 6 rings (SSSR count). The van der Waals surface area contributed by atoms with Crippen molar-refractivity contribution in [3.05, 3.63) is 67.6 Å². The molecule has 8 nitrogen and oxygen atoms in total. The lowest BCUT2D eigenvalue weighted by molar-refractivity contribution is -0.130. The summed E-state index contributed by atoms with van der Waals surface area (Å²) in [4.78, 5) is 37.8. The van der Waals surface area contributed by atoms with Gasteiger partial charge in [-0.15, -0.1) is 0 Å². The summed E-state index contributed by atoms with van der Waals surface area (Å²) in [6.45, 7) is 9.01. The summed E-state index contributed by atoms with van der Waals surface area (Å²) in [5.41, 5.74) is 1.93. The molecule has 232 valence electrons. The molecule has 14 heteroatoms. The lowest BCUT2D eigenvalue weighted by atomic mass is 10.1. The number of fused-ring (bicyclic) bond motifs is 2. The molecule has 1 N–H and O–H groups in total. The first-order valence-corrected chi connectivity index (χ1v) is 15.4. The van der Waals surface area contributed by atoms with Crippen molar-refractivity contribution in [2.45, 2.75) is 20.8 Å². The summed E-state index contributed by atoms with van der Waals surface area (Å²) in [5.74, 6) is -1.57. The summed E-state index contributed by atoms with van der Waals surface area (Å²) in [5, 5.41) is 3.24. The summed E-state index contributed by atoms with van der Waals surface area (Å²) in [6, 6.07) is 4.08. The third kappa shape index (κ3) is 6.19. The van der Waals surface area contributed by atoms with Crippen molar-refractivity contribution in [1.82, 2.24) is 20.2 Å². The van der Waals surface area contributed by atoms with E-state index >= 15 is 0 Å². The Morgan fingerprint density at radius 2 is 1.27 bits per heavy atom. The molecule has 2 amide bonds. The molecule has 4 heterocycles. The Morgan fingerprint density at radius 3 is 1.73 bits per heavy atom. The fourth-order valence-corrected chi connectivity index (χ4v) is 6.50. The van der Waals surface area contributed by atoms with Crippen LogP contribution in [0.4, 0.5) is 29.2 Å². The SMILES string of the molecule is CCN1CCN(c2nc3cc(F)cc(F)c3c(Br)c2C)CC1=O.Cc1c(N2CCNC(=O)C2)nc2cc(F)cc(F)c2c1Br. The van der Waals surface area contributed by atoms with Crippen molar-refractivity contribution in [3.63, 3.8) is 0 Å². The van der Waals surface area contributed by atoms with Crippen molar-refractivity contribution in [2.75, 3.05) is 55.6 Å². The normalized spacial score (nSPS) is 15.5. The number of aromatic nitrogens is 2. The number of carbonyl (C=O) groups excluding carboxylic acids is 2. The zero-order valence-electron chi connectivity index (χ0n) is 24.1. The molecular formula is C30H28Br2F4N6O2. The molecule has 2 aliphatic heterocycles. The Kier molecular flexibility index (Phi) is 9.30. The summed E-state index contributed by atoms with van der Waals surface area (Å²) in [7, 11) is 0. The maximum atomic E-state index is 14.0. The van der Waals surface area contributed by atoms with Crippen molar-refractivity contribution >= 4 is 77.1 Å². The molecule has 0 bridgehead atoms. The highest BCUT2D eigenvalue weighted by molar-refractivity contribution is 9.11. The first kappa shape index (κ1) is 31.9. The van der Waals surface area contributed by atoms with E-state index in [4.69, 9.17) is 0 Å². The molecule has 2 aromatic carbocycles. The van der Waals surface area contributed by atoms with E-state index in [2.05, 4.69) is 47.1 Å². The molecule has 4 aromatic rings. The van der Waals surface area contributed by atoms with Gasteiger partial charge in [-0.3, -0.25) is 9.59 Å². The first-order valence-electron chi connectivity index (χ1n) is 13.8. The fraction of sp³-hybridized carbons (Fsp3) is 0.333. The Balaban J connectivity index is 0.000000175. The number of benzene rings is 2. The van der Waals surface area contributed by atoms with Crippen LogP contribution in [0.2, 0.25) is 0 Å². The minimum absolute atomic E-state index is 0.0293. The highest BCUT2D eigenvalue weighted by Crippen LogP contribution is 2.36. The van der Waals surface area contributed by atoms with Crippen molar-refractivity contribution in [3.8, 4) is 0 Å². The predicted octanol–water partition coefficient (Wildman–Crippen LogP) is 5.77. The van der Waals surface area contributed by atoms with Gasteiger partial charge in [0.2, 0.25) is 11.8 Å². The van der Waals surface area contributed by atoms with E-state index in [0.29, 0.717) is 53.3 Å². The van der Waals surface area contributed by atoms with E-state index < -0.39 is 23.3 Å². The Labute approximate surface area is 267 Å². The number of amides is 2. The first-order chi connectivity index (χ1) is 20.9. The number of hydrogen-bond acceptors (Lipinski definition) is 6. The molecule has 0 radical (unpaired) electrons. The highest BCUT2D eigenvalue weighted by Gasteiger charge is 2.27. The number of halogens is 6. The lowest BCUT2D eigenvalue weighted by Crippen LogP contribution is -2.50. The monoisotopic (exact) mass is 738 g/mol. The van der Waals surface area contributed by atoms with Gasteiger partial charge in [0.1, 0.15) is 34.9 Å². The zero-order valence-corrected chi connectivity index (χ0v) is 27.3. The number of nitrogens with one attached hydrogen (secondary N) is 1. The second-order valence-electron chi connectivity index (χ2n) is 10.5. The van der Waals surface area contributed by atoms with Gasteiger partial charge in [-0.1, -0.05) is 0 Å². The molecule has 44 heavy (non-hydrogen) atoms. The quantitative estimate of drug-likeness (QED) is 0.269. The fourth-order valence-electron chi connectivity index (χ4n) is 5.36. The Bertz CT molecular complexity index is 1810. The highest BCUT2D eigenvalue weighted by atomic mass is 79.9. The number of carbonyl (C=O) groups is 2. The molecule has 2 aliphatic rings. The molecule has 2 aromatic heterocycles. The number of nitrogens with zero attached hydrogens (tertiary/aromatic N) is 5. The van der Waals surface area contributed by atoms with E-state index in [0.717, 1.165) is 23.3 Å². The van der Waals surface area contributed by atoms with Crippen molar-refractivity contribution in [1.29, 1.82) is 0 Å². The topological polar surface area (TPSA) is 81.7 Å². The van der Waals surface area contributed by atoms with E-state index in [9.17, 15) is 27.2 Å². The van der Waals surface area contributed by atoms with Crippen LogP contribution in [-0.4, -0.2) is 72.5 Å². The minimum atomic E-state index is -0.675. The van der Waals surface area contributed by atoms with Crippen molar-refractivity contribution in [2.24, 2.45) is 0 Å². The molecular weight excluding hydrogens is 712 g/mol. The summed E-state index contributed by atoms with van der Waals surface area (Å²) < 4.78 is 55.9. The van der Waals surface area contributed by atoms with Gasteiger partial charge >= 0.3 is 0 Å². The van der Waals surface area contributed by atoms with Crippen LogP contribution in [0, 0.1) is 37.1 Å². The Hall–Kier alpha value is -3.52. The third-order valence-corrected chi connectivity index (χ3v) is 9.61. The molecule has 0 unspecified atom stereocenters. The van der Waals surface area contributed by atoms with E-state index in [1.165, 1.54) is 12.1 Å². The van der Waals surface area contributed by atoms with Crippen molar-refractivity contribution < 1.29 is 27.2 Å². The molecule has 2 fully saturated rings. The van der Waals surface area contributed by atoms with Gasteiger partial charge in [-0.25, -0.2) is 27.5 Å². The van der Waals surface area contributed by atoms with Gasteiger partial charge < -0.3 is 20.0 Å². The maximum absolute atomic E-state index is 14.0. The van der Waals surface area contributed by atoms with E-state index in [1.807, 2.05) is 18.7 Å². The molecule has 2 saturated heterocycles. The van der Waals surface area contributed by atoms with Gasteiger partial charge in [0.25, 0.3) is 0 Å². The van der Waals surface area contributed by atoms with E-state index in [-0.39, 0.29) is 46.7 Å². The predicted molar refractivity (Wildman–Crippen MR) is 168 cm³/mol. The van der Waals surface area contributed by atoms with Crippen LogP contribution in [0.3, 0.4) is 0 Å². The van der Waals surface area contributed by atoms with E-state index in [1.54, 1.807) is 16.7 Å². The maximum Gasteiger partial charge on any atom is 0.242 e. The molecule has 0 aliphatic carbocycles. The number of pyridine rings is 2. The van der Waals surface area contributed by atoms with Crippen LogP contribution < -0.4 is 15.1 Å². The second kappa shape index (κ2) is 12.8. The number of likely N-dealkylation sites (N-methyl/N-ethyl adjacent to an activating group) is 1. The van der Waals surface area contributed by atoms with Crippen LogP contribution in [-0.2, 0) is 9.59 Å². The van der Waals surface area contributed by atoms with Crippen LogP contribution in [0.1, 0.15) is 18.1 Å². The molecule has 0 saturated carbocycles. The zero-order chi connectivity index (χ0) is 31.9. The van der Waals surface area contributed by atoms with Gasteiger partial charge in [0.15, 0.2) is 0 Å². The average Bonchev–Trinajstić information content (AvgIpc) is 2.96. The number of anilines is 2. The smallest absolute Gasteiger partial charge is 0.242 e. The molecule has 0 spiro atoms. The van der Waals surface area contributed by atoms with Gasteiger partial charge in [0, 0.05) is 77.1 Å². The van der Waals surface area contributed by atoms with Gasteiger partial charge in [-0.05, 0) is 52.6 Å². The third-order valence-electron chi connectivity index (χ3n) is 7.63. The van der Waals surface area contributed by atoms with Gasteiger partial charge in [0.05, 0.1) is 34.9 Å². The number of hydrogen-bond donors (Lipinski definition) is 1. The number of piperazine rings is 2. The standard InChI is InChI=1S/C16H16BrF2N3O.C14H12BrF2N3O/c1-3-21-4-5-22(8-13(21)23)16-9(2)15(17)14-11(19)6-10(18)7-12(14)20-16;1-7-13(15)12-9(17)4-8(16)5-10(12)19-14(7)20-3-2-18-11(21)6-20/h6-7H,3-5,8H2,1-2H3;4-5H,2-3,6H2,1H3,(H,18,21). The van der Waals surface area contributed by atoms with Crippen LogP contribution in [0.15, 0.2) is 33.2 Å². The largest absolute Gasteiger partial charge is 0.353 e. The molecule has 0 atom stereocenters. The minimum Gasteiger partial charge on any atom is -0.353 e. The Morgan fingerprint density at radius 1 is 0.773 bits per heavy atom. The summed E-state index contributed by atoms with van der Waals surface area (Å²) >= 11 is 6.75. The van der Waals surface area contributed by atoms with Crippen LogP contribution in [0.5, 0.6) is 0 Å². The lowest BCUT2D eigenvalue weighted by Gasteiger charge is -2.35. The average molecular weight is 740 g/mol. The second-order valence-corrected chi connectivity index (χ2v) is 12.1. The summed E-state index contributed by atoms with van der Waals surface area (Å²) in [6.07, 6.45) is 0.